The van der Waals surface area contributed by atoms with Crippen molar-refractivity contribution in [1.82, 2.24) is 0 Å². The molecule has 0 radical (unpaired) electrons. The summed E-state index contributed by atoms with van der Waals surface area (Å²) in [6.07, 6.45) is 20.0. The molecule has 0 bridgehead atoms. The summed E-state index contributed by atoms with van der Waals surface area (Å²) in [5, 5.41) is 0. The molecule has 0 aromatic rings. The Labute approximate surface area is 132 Å². The van der Waals surface area contributed by atoms with Crippen molar-refractivity contribution in [3.8, 4) is 0 Å². The van der Waals surface area contributed by atoms with Gasteiger partial charge in [0.2, 0.25) is 0 Å². The Bertz CT molecular complexity index is 134. The van der Waals surface area contributed by atoms with Crippen molar-refractivity contribution < 1.29 is 0 Å². The first kappa shape index (κ1) is 21.9. The van der Waals surface area contributed by atoms with Crippen LogP contribution >= 0.6 is 23.3 Å². The lowest BCUT2D eigenvalue weighted by atomic mass is 10.1. The molecule has 0 aromatic carbocycles. The molecule has 0 saturated heterocycles. The van der Waals surface area contributed by atoms with E-state index in [9.17, 15) is 0 Å². The number of thiol groups is 1. The zero-order chi connectivity index (χ0) is 13.5. The minimum absolute atomic E-state index is 0. The Kier molecular flexibility index (Phi) is 21.5. The molecule has 120 valence electrons. The summed E-state index contributed by atoms with van der Waals surface area (Å²) in [4.78, 5) is 0. The van der Waals surface area contributed by atoms with Crippen LogP contribution in [0.4, 0.5) is 0 Å². The molecule has 0 nitrogen and oxygen atoms in total. The normalized spacial score (nSPS) is 11.2. The van der Waals surface area contributed by atoms with Crippen molar-refractivity contribution in [1.29, 1.82) is 0 Å². The second-order valence-corrected chi connectivity index (χ2v) is 8.45. The van der Waals surface area contributed by atoms with Crippen LogP contribution in [0.3, 0.4) is 0 Å². The van der Waals surface area contributed by atoms with Gasteiger partial charge in [-0.3, -0.25) is 10.9 Å². The fourth-order valence-electron chi connectivity index (χ4n) is 2.44. The molecule has 0 saturated carbocycles. The van der Waals surface area contributed by atoms with Gasteiger partial charge in [-0.1, -0.05) is 78.1 Å². The minimum Gasteiger partial charge on any atom is -0.256 e. The van der Waals surface area contributed by atoms with Gasteiger partial charge in [0.25, 0.3) is 0 Å². The molecule has 0 aliphatic rings. The molecule has 0 aliphatic carbocycles. The molecule has 0 unspecified atom stereocenters. The van der Waals surface area contributed by atoms with Gasteiger partial charge in [0, 0.05) is 0 Å². The standard InChI is InChI=1S/C17H38S.ClH/c1-4-6-8-10-12-14-16-18(3)17-15-13-11-9-7-5-2;/h18H,4-17H2,1-3H3;1H. The Morgan fingerprint density at radius 2 is 0.842 bits per heavy atom. The van der Waals surface area contributed by atoms with E-state index in [2.05, 4.69) is 20.1 Å². The second kappa shape index (κ2) is 18.6. The van der Waals surface area contributed by atoms with Gasteiger partial charge >= 0.3 is 0 Å². The third kappa shape index (κ3) is 18.6. The maximum absolute atomic E-state index is 2.52. The smallest absolute Gasteiger partial charge is 0.0255 e. The minimum atomic E-state index is 0. The van der Waals surface area contributed by atoms with E-state index in [1.807, 2.05) is 0 Å². The molecule has 19 heavy (non-hydrogen) atoms. The highest BCUT2D eigenvalue weighted by Gasteiger charge is 1.98. The molecule has 0 spiro atoms. The molecule has 0 fully saturated rings. The predicted octanol–water partition coefficient (Wildman–Crippen LogP) is 6.76. The van der Waals surface area contributed by atoms with E-state index >= 15 is 0 Å². The predicted molar refractivity (Wildman–Crippen MR) is 98.6 cm³/mol. The molecule has 0 aromatic heterocycles. The maximum Gasteiger partial charge on any atom is -0.0255 e. The first-order valence-corrected chi connectivity index (χ1v) is 10.7. The van der Waals surface area contributed by atoms with Gasteiger partial charge < -0.3 is 0 Å². The monoisotopic (exact) mass is 310 g/mol. The number of unbranched alkanes of at least 4 members (excludes halogenated alkanes) is 10. The van der Waals surface area contributed by atoms with Crippen LogP contribution in [0.1, 0.15) is 90.9 Å². The van der Waals surface area contributed by atoms with Crippen molar-refractivity contribution in [3.05, 3.63) is 0 Å². The lowest BCUT2D eigenvalue weighted by molar-refractivity contribution is 0.623. The van der Waals surface area contributed by atoms with Crippen LogP contribution in [0.15, 0.2) is 0 Å². The van der Waals surface area contributed by atoms with Crippen LogP contribution in [0.2, 0.25) is 0 Å². The van der Waals surface area contributed by atoms with E-state index < -0.39 is 0 Å². The molecule has 2 heteroatoms. The Balaban J connectivity index is 0. The molecule has 0 aliphatic heterocycles. The molecule has 0 atom stereocenters. The third-order valence-corrected chi connectivity index (χ3v) is 5.95. The number of hydrogen-bond donors (Lipinski definition) is 1. The van der Waals surface area contributed by atoms with Gasteiger partial charge in [-0.15, -0.1) is 12.4 Å². The van der Waals surface area contributed by atoms with Crippen LogP contribution in [0.5, 0.6) is 0 Å². The average Bonchev–Trinajstić information content (AvgIpc) is 2.38. The maximum atomic E-state index is 2.52. The van der Waals surface area contributed by atoms with Gasteiger partial charge in [0.15, 0.2) is 0 Å². The van der Waals surface area contributed by atoms with E-state index in [1.54, 1.807) is 0 Å². The average molecular weight is 311 g/mol. The first-order valence-electron chi connectivity index (χ1n) is 8.49. The highest BCUT2D eigenvalue weighted by molar-refractivity contribution is 8.16. The van der Waals surface area contributed by atoms with E-state index in [-0.39, 0.29) is 12.4 Å². The van der Waals surface area contributed by atoms with Crippen molar-refractivity contribution in [3.63, 3.8) is 0 Å². The summed E-state index contributed by atoms with van der Waals surface area (Å²) in [6, 6.07) is 0. The molecule has 0 heterocycles. The highest BCUT2D eigenvalue weighted by Crippen LogP contribution is 2.24. The third-order valence-electron chi connectivity index (χ3n) is 3.79. The fraction of sp³-hybridized carbons (Fsp3) is 1.00. The number of rotatable bonds is 14. The second-order valence-electron chi connectivity index (χ2n) is 5.84. The highest BCUT2D eigenvalue weighted by atomic mass is 35.5. The van der Waals surface area contributed by atoms with Gasteiger partial charge in [-0.25, -0.2) is 0 Å². The topological polar surface area (TPSA) is 0 Å². The van der Waals surface area contributed by atoms with Crippen molar-refractivity contribution in [2.24, 2.45) is 0 Å². The molecule has 0 N–H and O–H groups in total. The Morgan fingerprint density at radius 3 is 1.21 bits per heavy atom. The number of hydrogen-bond acceptors (Lipinski definition) is 0. The van der Waals surface area contributed by atoms with E-state index in [0.29, 0.717) is 10.9 Å². The Hall–Kier alpha value is 0.640. The van der Waals surface area contributed by atoms with Gasteiger partial charge in [-0.2, -0.15) is 0 Å². The van der Waals surface area contributed by atoms with Crippen molar-refractivity contribution in [2.45, 2.75) is 90.9 Å². The van der Waals surface area contributed by atoms with Gasteiger partial charge in [0.1, 0.15) is 0 Å². The largest absolute Gasteiger partial charge is 0.256 e. The van der Waals surface area contributed by atoms with Crippen LogP contribution in [-0.4, -0.2) is 17.8 Å². The lowest BCUT2D eigenvalue weighted by Gasteiger charge is -2.15. The molecular weight excluding hydrogens is 272 g/mol. The summed E-state index contributed by atoms with van der Waals surface area (Å²) in [6.45, 7) is 4.59. The zero-order valence-corrected chi connectivity index (χ0v) is 15.5. The van der Waals surface area contributed by atoms with Crippen LogP contribution in [0.25, 0.3) is 0 Å². The summed E-state index contributed by atoms with van der Waals surface area (Å²) in [7, 11) is 0.370. The quantitative estimate of drug-likeness (QED) is 0.266. The number of halogens is 1. The zero-order valence-electron chi connectivity index (χ0n) is 13.8. The summed E-state index contributed by atoms with van der Waals surface area (Å²) in [5.41, 5.74) is 0. The van der Waals surface area contributed by atoms with Crippen LogP contribution in [0, 0.1) is 0 Å². The summed E-state index contributed by atoms with van der Waals surface area (Å²) in [5.74, 6) is 3.08. The summed E-state index contributed by atoms with van der Waals surface area (Å²) < 4.78 is 0. The van der Waals surface area contributed by atoms with Crippen LogP contribution < -0.4 is 0 Å². The summed E-state index contributed by atoms with van der Waals surface area (Å²) >= 11 is 0. The molecule has 0 amide bonds. The SMILES string of the molecule is CCCCCCCC[SH](C)CCCCCCCC.Cl. The first-order chi connectivity index (χ1) is 8.81. The fourth-order valence-corrected chi connectivity index (χ4v) is 4.19. The lowest BCUT2D eigenvalue weighted by Crippen LogP contribution is -1.94. The van der Waals surface area contributed by atoms with E-state index in [1.165, 1.54) is 88.6 Å². The van der Waals surface area contributed by atoms with Crippen molar-refractivity contribution >= 4 is 23.3 Å². The van der Waals surface area contributed by atoms with E-state index in [0.717, 1.165) is 0 Å². The van der Waals surface area contributed by atoms with Crippen LogP contribution in [-0.2, 0) is 0 Å². The van der Waals surface area contributed by atoms with Gasteiger partial charge in [0.05, 0.1) is 0 Å². The molecule has 0 rings (SSSR count). The Morgan fingerprint density at radius 1 is 0.526 bits per heavy atom. The molecular formula is C17H39ClS. The van der Waals surface area contributed by atoms with Gasteiger partial charge in [-0.05, 0) is 30.6 Å². The van der Waals surface area contributed by atoms with Crippen molar-refractivity contribution in [2.75, 3.05) is 17.8 Å². The van der Waals surface area contributed by atoms with E-state index in [4.69, 9.17) is 0 Å².